The van der Waals surface area contributed by atoms with Crippen molar-refractivity contribution in [2.45, 2.75) is 39.3 Å². The summed E-state index contributed by atoms with van der Waals surface area (Å²) in [5.74, 6) is -0.0133. The average Bonchev–Trinajstić information content (AvgIpc) is 1.77. The van der Waals surface area contributed by atoms with E-state index >= 15 is 0 Å². The summed E-state index contributed by atoms with van der Waals surface area (Å²) in [5.41, 5.74) is -0.192. The van der Waals surface area contributed by atoms with E-state index in [4.69, 9.17) is 5.11 Å². The minimum Gasteiger partial charge on any atom is -0.392 e. The van der Waals surface area contributed by atoms with Gasteiger partial charge >= 0.3 is 0 Å². The topological polar surface area (TPSA) is 52.6 Å². The van der Waals surface area contributed by atoms with E-state index in [1.54, 1.807) is 11.8 Å². The maximum atomic E-state index is 11.4. The molecular weight excluding hydrogens is 180 g/mol. The third-order valence-electron chi connectivity index (χ3n) is 1.50. The number of rotatable bonds is 4. The van der Waals surface area contributed by atoms with Crippen molar-refractivity contribution in [1.82, 2.24) is 10.2 Å². The number of amides is 1. The highest BCUT2D eigenvalue weighted by molar-refractivity contribution is 5.78. The van der Waals surface area contributed by atoms with Gasteiger partial charge in [0.2, 0.25) is 5.91 Å². The Morgan fingerprint density at radius 2 is 2.00 bits per heavy atom. The van der Waals surface area contributed by atoms with Crippen LogP contribution in [0, 0.1) is 0 Å². The zero-order valence-electron chi connectivity index (χ0n) is 9.79. The molecule has 0 radical (unpaired) electrons. The van der Waals surface area contributed by atoms with Crippen molar-refractivity contribution in [3.05, 3.63) is 0 Å². The smallest absolute Gasteiger partial charge is 0.234 e. The lowest BCUT2D eigenvalue weighted by Gasteiger charge is -2.23. The van der Waals surface area contributed by atoms with Crippen molar-refractivity contribution in [3.63, 3.8) is 0 Å². The molecule has 0 fully saturated rings. The van der Waals surface area contributed by atoms with Gasteiger partial charge < -0.3 is 10.4 Å². The van der Waals surface area contributed by atoms with Crippen molar-refractivity contribution in [3.8, 4) is 0 Å². The van der Waals surface area contributed by atoms with Crippen LogP contribution in [0.5, 0.6) is 0 Å². The molecule has 14 heavy (non-hydrogen) atoms. The van der Waals surface area contributed by atoms with Gasteiger partial charge in [-0.1, -0.05) is 0 Å². The minimum atomic E-state index is -0.401. The maximum absolute atomic E-state index is 11.4. The van der Waals surface area contributed by atoms with Crippen LogP contribution < -0.4 is 5.32 Å². The van der Waals surface area contributed by atoms with Crippen molar-refractivity contribution in [2.24, 2.45) is 0 Å². The normalized spacial score (nSPS) is 14.2. The van der Waals surface area contributed by atoms with Gasteiger partial charge in [-0.3, -0.25) is 9.69 Å². The number of aliphatic hydroxyl groups excluding tert-OH is 1. The van der Waals surface area contributed by atoms with Crippen LogP contribution in [0.25, 0.3) is 0 Å². The fourth-order valence-electron chi connectivity index (χ4n) is 1.22. The molecule has 0 rings (SSSR count). The molecule has 0 aromatic heterocycles. The number of hydrogen-bond donors (Lipinski definition) is 2. The summed E-state index contributed by atoms with van der Waals surface area (Å²) in [7, 11) is 1.81. The lowest BCUT2D eigenvalue weighted by Crippen LogP contribution is -2.46. The number of likely N-dealkylation sites (N-methyl/N-ethyl adjacent to an activating group) is 1. The summed E-state index contributed by atoms with van der Waals surface area (Å²) in [6, 6.07) is 0. The lowest BCUT2D eigenvalue weighted by atomic mass is 10.1. The Bertz CT molecular complexity index is 185. The Balaban J connectivity index is 3.83. The van der Waals surface area contributed by atoms with Crippen LogP contribution >= 0.6 is 0 Å². The van der Waals surface area contributed by atoms with E-state index in [-0.39, 0.29) is 11.4 Å². The molecule has 1 unspecified atom stereocenters. The molecule has 0 bridgehead atoms. The minimum absolute atomic E-state index is 0.0133. The van der Waals surface area contributed by atoms with E-state index in [1.807, 2.05) is 27.8 Å². The molecule has 0 saturated carbocycles. The highest BCUT2D eigenvalue weighted by Gasteiger charge is 2.15. The molecule has 4 nitrogen and oxygen atoms in total. The third-order valence-corrected chi connectivity index (χ3v) is 1.50. The first-order chi connectivity index (χ1) is 6.20. The molecule has 1 atom stereocenters. The van der Waals surface area contributed by atoms with E-state index in [2.05, 4.69) is 5.32 Å². The molecule has 0 heterocycles. The van der Waals surface area contributed by atoms with Gasteiger partial charge in [-0.05, 0) is 34.7 Å². The van der Waals surface area contributed by atoms with Crippen LogP contribution in [0.15, 0.2) is 0 Å². The van der Waals surface area contributed by atoms with E-state index in [1.165, 1.54) is 0 Å². The molecule has 84 valence electrons. The molecule has 0 aromatic carbocycles. The summed E-state index contributed by atoms with van der Waals surface area (Å²) >= 11 is 0. The molecule has 1 amide bonds. The Labute approximate surface area is 86.3 Å². The number of carbonyl (C=O) groups excluding carboxylic acids is 1. The fourth-order valence-corrected chi connectivity index (χ4v) is 1.22. The Hall–Kier alpha value is -0.610. The van der Waals surface area contributed by atoms with Crippen molar-refractivity contribution >= 4 is 5.91 Å². The molecule has 4 heteroatoms. The average molecular weight is 202 g/mol. The van der Waals surface area contributed by atoms with Crippen LogP contribution in [0.2, 0.25) is 0 Å². The van der Waals surface area contributed by atoms with Crippen LogP contribution in [0.4, 0.5) is 0 Å². The Morgan fingerprint density at radius 3 is 2.36 bits per heavy atom. The highest BCUT2D eigenvalue weighted by Crippen LogP contribution is 1.98. The van der Waals surface area contributed by atoms with Crippen molar-refractivity contribution < 1.29 is 9.90 Å². The zero-order chi connectivity index (χ0) is 11.4. The van der Waals surface area contributed by atoms with Crippen LogP contribution in [-0.4, -0.2) is 47.7 Å². The van der Waals surface area contributed by atoms with Gasteiger partial charge in [-0.15, -0.1) is 0 Å². The first-order valence-electron chi connectivity index (χ1n) is 4.88. The summed E-state index contributed by atoms with van der Waals surface area (Å²) in [6.45, 7) is 8.37. The summed E-state index contributed by atoms with van der Waals surface area (Å²) in [6.07, 6.45) is -0.401. The summed E-state index contributed by atoms with van der Waals surface area (Å²) in [5, 5.41) is 12.0. The molecular formula is C10H22N2O2. The Kier molecular flexibility index (Phi) is 5.08. The summed E-state index contributed by atoms with van der Waals surface area (Å²) in [4.78, 5) is 13.2. The molecule has 0 aliphatic rings. The number of hydrogen-bond acceptors (Lipinski definition) is 3. The molecule has 0 aromatic rings. The van der Waals surface area contributed by atoms with Crippen molar-refractivity contribution in [1.29, 1.82) is 0 Å². The van der Waals surface area contributed by atoms with Gasteiger partial charge in [0, 0.05) is 12.1 Å². The first kappa shape index (κ1) is 13.4. The predicted molar refractivity (Wildman–Crippen MR) is 57.1 cm³/mol. The summed E-state index contributed by atoms with van der Waals surface area (Å²) < 4.78 is 0. The van der Waals surface area contributed by atoms with Crippen molar-refractivity contribution in [2.75, 3.05) is 20.1 Å². The van der Waals surface area contributed by atoms with E-state index in [9.17, 15) is 4.79 Å². The van der Waals surface area contributed by atoms with Crippen LogP contribution in [0.3, 0.4) is 0 Å². The molecule has 2 N–H and O–H groups in total. The number of aliphatic hydroxyl groups is 1. The van der Waals surface area contributed by atoms with E-state index in [0.29, 0.717) is 13.1 Å². The Morgan fingerprint density at radius 1 is 1.50 bits per heavy atom. The van der Waals surface area contributed by atoms with Gasteiger partial charge in [0.1, 0.15) is 0 Å². The number of nitrogens with zero attached hydrogens (tertiary/aromatic N) is 1. The second-order valence-electron chi connectivity index (χ2n) is 4.84. The van der Waals surface area contributed by atoms with Gasteiger partial charge in [0.15, 0.2) is 0 Å². The van der Waals surface area contributed by atoms with Gasteiger partial charge in [0.25, 0.3) is 0 Å². The SMILES string of the molecule is CC(O)CN(C)CC(=O)NC(C)(C)C. The fraction of sp³-hybridized carbons (Fsp3) is 0.900. The molecule has 0 aliphatic carbocycles. The third kappa shape index (κ3) is 8.01. The molecule has 0 saturated heterocycles. The van der Waals surface area contributed by atoms with Gasteiger partial charge in [-0.25, -0.2) is 0 Å². The first-order valence-corrected chi connectivity index (χ1v) is 4.88. The second-order valence-corrected chi connectivity index (χ2v) is 4.84. The monoisotopic (exact) mass is 202 g/mol. The van der Waals surface area contributed by atoms with Crippen LogP contribution in [-0.2, 0) is 4.79 Å². The quantitative estimate of drug-likeness (QED) is 0.685. The lowest BCUT2D eigenvalue weighted by molar-refractivity contribution is -0.123. The van der Waals surface area contributed by atoms with E-state index < -0.39 is 6.10 Å². The standard InChI is InChI=1S/C10H22N2O2/c1-8(13)6-12(5)7-9(14)11-10(2,3)4/h8,13H,6-7H2,1-5H3,(H,11,14). The number of carbonyl (C=O) groups is 1. The van der Waals surface area contributed by atoms with Crippen LogP contribution in [0.1, 0.15) is 27.7 Å². The molecule has 0 spiro atoms. The second kappa shape index (κ2) is 5.32. The predicted octanol–water partition coefficient (Wildman–Crippen LogP) is 0.214. The van der Waals surface area contributed by atoms with Gasteiger partial charge in [0.05, 0.1) is 12.6 Å². The maximum Gasteiger partial charge on any atom is 0.234 e. The molecule has 0 aliphatic heterocycles. The number of nitrogens with one attached hydrogen (secondary N) is 1. The largest absolute Gasteiger partial charge is 0.392 e. The zero-order valence-corrected chi connectivity index (χ0v) is 9.79. The van der Waals surface area contributed by atoms with Gasteiger partial charge in [-0.2, -0.15) is 0 Å². The van der Waals surface area contributed by atoms with E-state index in [0.717, 1.165) is 0 Å². The highest BCUT2D eigenvalue weighted by atomic mass is 16.3.